The van der Waals surface area contributed by atoms with Crippen LogP contribution in [0.5, 0.6) is 0 Å². The lowest BCUT2D eigenvalue weighted by Crippen LogP contribution is -2.57. The van der Waals surface area contributed by atoms with Crippen molar-refractivity contribution in [1.29, 1.82) is 0 Å². The maximum absolute atomic E-state index is 6.11. The maximum atomic E-state index is 6.11. The molecule has 9 aromatic carbocycles. The summed E-state index contributed by atoms with van der Waals surface area (Å²) in [4.78, 5) is 2.53. The second-order valence-electron chi connectivity index (χ2n) is 34.4. The van der Waals surface area contributed by atoms with Crippen molar-refractivity contribution in [2.45, 2.75) is 313 Å². The van der Waals surface area contributed by atoms with E-state index in [-0.39, 0.29) is 33.8 Å². The molecule has 12 heteroatoms. The zero-order valence-corrected chi connectivity index (χ0v) is 84.0. The van der Waals surface area contributed by atoms with Gasteiger partial charge in [-0.25, -0.2) is 0 Å². The van der Waals surface area contributed by atoms with E-state index in [1.54, 1.807) is 0 Å². The number of unbranched alkanes of at least 4 members (excludes halogenated alkanes) is 2. The molecule has 0 fully saturated rings. The summed E-state index contributed by atoms with van der Waals surface area (Å²) >= 11 is 0. The Kier molecular flexibility index (Phi) is 48.0. The fourth-order valence-corrected chi connectivity index (χ4v) is 22.3. The van der Waals surface area contributed by atoms with Gasteiger partial charge in [-0.3, -0.25) is 0 Å². The first-order valence-electron chi connectivity index (χ1n) is 43.8. The van der Waals surface area contributed by atoms with E-state index < -0.39 is 26.2 Å². The van der Waals surface area contributed by atoms with Gasteiger partial charge in [0.15, 0.2) is 8.32 Å². The molecule has 0 aromatic heterocycles. The molecular formula is C107H167B2NO6Si3. The van der Waals surface area contributed by atoms with E-state index >= 15 is 0 Å². The summed E-state index contributed by atoms with van der Waals surface area (Å²) in [6, 6.07) is 44.2. The molecular weight excluding hydrogens is 1500 g/mol. The smallest absolute Gasteiger partial charge is 0.335 e. The number of hydrogen-bond donors (Lipinski definition) is 0. The molecule has 0 aliphatic carbocycles. The second-order valence-corrected chi connectivity index (χ2v) is 44.0. The minimum absolute atomic E-state index is 0. The monoisotopic (exact) mass is 1670 g/mol. The van der Waals surface area contributed by atoms with Gasteiger partial charge in [-0.05, 0) is 295 Å². The highest BCUT2D eigenvalue weighted by Gasteiger charge is 2.35. The third kappa shape index (κ3) is 31.1. The number of rotatable bonds is 27. The van der Waals surface area contributed by atoms with E-state index in [2.05, 4.69) is 348 Å². The lowest BCUT2D eigenvalue weighted by molar-refractivity contribution is 0.189. The van der Waals surface area contributed by atoms with Crippen LogP contribution in [-0.2, 0) is 35.0 Å². The van der Waals surface area contributed by atoms with Crippen molar-refractivity contribution in [3.63, 3.8) is 0 Å². The summed E-state index contributed by atoms with van der Waals surface area (Å²) in [5.41, 5.74) is 48.8. The number of hydrogen-bond acceptors (Lipinski definition) is 6. The van der Waals surface area contributed by atoms with Crippen LogP contribution < -0.4 is 37.7 Å². The number of benzene rings is 9. The molecule has 0 saturated heterocycles. The summed E-state index contributed by atoms with van der Waals surface area (Å²) < 4.78 is 28.4. The highest BCUT2D eigenvalue weighted by atomic mass is 28.4. The number of anilines is 3. The Hall–Kier alpha value is -6.94. The van der Waals surface area contributed by atoms with Gasteiger partial charge < -0.3 is 32.5 Å². The van der Waals surface area contributed by atoms with E-state index in [4.69, 9.17) is 22.1 Å². The van der Waals surface area contributed by atoms with Gasteiger partial charge in [0.2, 0.25) is 13.4 Å². The average molecular weight is 1670 g/mol. The predicted molar refractivity (Wildman–Crippen MR) is 544 cm³/mol. The van der Waals surface area contributed by atoms with Crippen LogP contribution in [0.1, 0.15) is 246 Å². The van der Waals surface area contributed by atoms with Crippen LogP contribution >= 0.6 is 0 Å². The molecule has 0 saturated carbocycles. The quantitative estimate of drug-likeness (QED) is 0.0477. The molecule has 0 bridgehead atoms. The Morgan fingerprint density at radius 2 is 0.538 bits per heavy atom. The van der Waals surface area contributed by atoms with Gasteiger partial charge in [-0.1, -0.05) is 323 Å². The van der Waals surface area contributed by atoms with Crippen molar-refractivity contribution >= 4 is 95.5 Å². The molecule has 9 aromatic rings. The van der Waals surface area contributed by atoms with E-state index in [0.29, 0.717) is 13.2 Å². The van der Waals surface area contributed by atoms with Crippen LogP contribution in [0.3, 0.4) is 0 Å². The standard InChI is InChI=1S/C33H47NO2Si.C31H43BOSi.C28H33B.C5H14O2Si.2C4H10.2CH4.H2O/c1-12-35-37(11,36-13-2)15-14-30-20-28(9)33(29(10)21-30)34(31-24(5)16-22(3)17-25(31)6)32-26(7)18-23(4)19-27(32)8;1-20-14-22(3)29(23(4)15-20)32(30-24(5)16-21(2)17-25(30)6)31-26(7)18-28(19-27(31)8)12-13-34(10,11)33-9;1-10-25-15-23(8)28(24(9)16-25)29(26-19(4)11-17(2)12-20(26)5)27-21(6)13-18(3)14-22(27)7;1-4-6-8(3)7-5-2;2*1-3-4-2;;;/h16-21H,12-15H2,1-11H3;14-19H,12-13H2,1-11H3;10-16H,1H2,2-9H3;8H,4-5H2,1-3H3;2*3-4H2,1-2H3;2*1H4;1H2. The summed E-state index contributed by atoms with van der Waals surface area (Å²) in [6.07, 6.45) is 9.28. The lowest BCUT2D eigenvalue weighted by Gasteiger charge is -2.34. The Morgan fingerprint density at radius 1 is 0.328 bits per heavy atom. The van der Waals surface area contributed by atoms with E-state index in [1.807, 2.05) is 33.6 Å². The van der Waals surface area contributed by atoms with Gasteiger partial charge in [0.25, 0.3) is 0 Å². The summed E-state index contributed by atoms with van der Waals surface area (Å²) in [6.45, 7) is 87.1. The largest absolute Gasteiger partial charge is 0.420 e. The van der Waals surface area contributed by atoms with Crippen LogP contribution in [0, 0.1) is 166 Å². The van der Waals surface area contributed by atoms with E-state index in [0.717, 1.165) is 38.1 Å². The van der Waals surface area contributed by atoms with Crippen molar-refractivity contribution in [3.8, 4) is 0 Å². The van der Waals surface area contributed by atoms with Crippen LogP contribution in [0.25, 0.3) is 6.08 Å². The molecule has 0 unspecified atom stereocenters. The third-order valence-corrected chi connectivity index (χ3v) is 29.9. The van der Waals surface area contributed by atoms with Crippen LogP contribution in [-0.4, -0.2) is 78.6 Å². The van der Waals surface area contributed by atoms with Crippen molar-refractivity contribution in [1.82, 2.24) is 0 Å². The molecule has 0 heterocycles. The Labute approximate surface area is 735 Å². The molecule has 0 radical (unpaired) electrons. The highest BCUT2D eigenvalue weighted by Crippen LogP contribution is 2.46. The molecule has 0 aliphatic heterocycles. The van der Waals surface area contributed by atoms with Gasteiger partial charge in [0.05, 0.1) is 17.1 Å². The Bertz CT molecular complexity index is 4310. The van der Waals surface area contributed by atoms with Gasteiger partial charge in [0.1, 0.15) is 0 Å². The van der Waals surface area contributed by atoms with Crippen LogP contribution in [0.15, 0.2) is 116 Å². The normalized spacial score (nSPS) is 10.9. The number of aryl methyl sites for hydroxylation is 26. The van der Waals surface area contributed by atoms with Crippen molar-refractivity contribution in [2.24, 2.45) is 0 Å². The molecule has 0 amide bonds. The van der Waals surface area contributed by atoms with Gasteiger partial charge in [-0.15, -0.1) is 0 Å². The number of nitrogens with zero attached hydrogens (tertiary/aromatic N) is 1. The lowest BCUT2D eigenvalue weighted by atomic mass is 9.33. The molecule has 7 nitrogen and oxygen atoms in total. The Morgan fingerprint density at radius 3 is 0.756 bits per heavy atom. The van der Waals surface area contributed by atoms with Crippen LogP contribution in [0.2, 0.25) is 38.3 Å². The fraction of sp³-hybridized carbons (Fsp3) is 0.477. The summed E-state index contributed by atoms with van der Waals surface area (Å²) in [5, 5.41) is 0. The summed E-state index contributed by atoms with van der Waals surface area (Å²) in [5.74, 6) is 0. The molecule has 119 heavy (non-hydrogen) atoms. The molecule has 9 rings (SSSR count). The fourth-order valence-electron chi connectivity index (χ4n) is 17.9. The minimum Gasteiger partial charge on any atom is -0.420 e. The highest BCUT2D eigenvalue weighted by molar-refractivity contribution is 6.97. The first-order valence-corrected chi connectivity index (χ1v) is 51.5. The van der Waals surface area contributed by atoms with Crippen molar-refractivity contribution < 1.29 is 27.6 Å². The Balaban J connectivity index is 0.000000808. The van der Waals surface area contributed by atoms with Crippen LogP contribution in [0.4, 0.5) is 17.1 Å². The first-order chi connectivity index (χ1) is 54.5. The average Bonchev–Trinajstić information content (AvgIpc) is 0.762. The van der Waals surface area contributed by atoms with Gasteiger partial charge in [-0.2, -0.15) is 0 Å². The molecule has 2 N–H and O–H groups in total. The van der Waals surface area contributed by atoms with E-state index in [1.165, 1.54) is 226 Å². The maximum Gasteiger partial charge on any atom is 0.335 e. The zero-order valence-electron chi connectivity index (χ0n) is 80.9. The third-order valence-electron chi connectivity index (χ3n) is 22.8. The summed E-state index contributed by atoms with van der Waals surface area (Å²) in [7, 11) is -3.07. The predicted octanol–water partition coefficient (Wildman–Crippen LogP) is 25.7. The van der Waals surface area contributed by atoms with Crippen molar-refractivity contribution in [2.75, 3.05) is 38.4 Å². The SMILES string of the molecule is C.C.C=Cc1cc(C)c(B(c2c(C)cc(C)cc2C)c2c(C)cc(C)cc2C)c(C)c1.CCCC.CCCC.CCO[SiH](C)OCC.CCO[Si](C)(CCc1cc(C)c(N(c2c(C)cc(C)cc2C)c2c(C)cc(C)cc2C)c(C)c1)OCC.CO[Si](C)(C)CCc1cc(C)c(B(c2c(C)cc(C)cc2C)c2c(C)cc(C)cc2C)c(C)c1.O. The van der Waals surface area contributed by atoms with Gasteiger partial charge >= 0.3 is 17.8 Å². The van der Waals surface area contributed by atoms with E-state index in [9.17, 15) is 0 Å². The molecule has 0 atom stereocenters. The van der Waals surface area contributed by atoms with Crippen molar-refractivity contribution in [3.05, 3.63) is 266 Å². The second kappa shape index (κ2) is 51.9. The molecule has 0 aliphatic rings. The minimum atomic E-state index is -2.16. The molecule has 0 spiro atoms. The molecule has 654 valence electrons. The topological polar surface area (TPSA) is 80.9 Å². The van der Waals surface area contributed by atoms with Gasteiger partial charge in [0, 0.05) is 33.5 Å². The first kappa shape index (κ1) is 110. The zero-order chi connectivity index (χ0) is 87.5.